The normalized spacial score (nSPS) is 13.7. The van der Waals surface area contributed by atoms with Gasteiger partial charge in [-0.3, -0.25) is 9.79 Å². The molecule has 4 aromatic rings. The van der Waals surface area contributed by atoms with Crippen LogP contribution in [-0.4, -0.2) is 18.2 Å². The number of amides is 1. The Labute approximate surface area is 194 Å². The van der Waals surface area contributed by atoms with Crippen LogP contribution in [0.2, 0.25) is 0 Å². The predicted octanol–water partition coefficient (Wildman–Crippen LogP) is 6.67. The summed E-state index contributed by atoms with van der Waals surface area (Å²) in [5, 5.41) is 8.74. The second-order valence-electron chi connectivity index (χ2n) is 9.42. The third-order valence-electron chi connectivity index (χ3n) is 6.00. The molecule has 0 radical (unpaired) electrons. The molecule has 0 atom stereocenters. The molecule has 1 heterocycles. The molecule has 0 saturated carbocycles. The molecule has 164 valence electrons. The molecule has 2 N–H and O–H groups in total. The van der Waals surface area contributed by atoms with Gasteiger partial charge in [0.1, 0.15) is 6.54 Å². The van der Waals surface area contributed by atoms with Crippen molar-refractivity contribution < 1.29 is 4.79 Å². The van der Waals surface area contributed by atoms with Gasteiger partial charge in [0.25, 0.3) is 0 Å². The third-order valence-corrected chi connectivity index (χ3v) is 6.00. The monoisotopic (exact) mass is 433 g/mol. The molecule has 0 saturated heterocycles. The lowest BCUT2D eigenvalue weighted by atomic mass is 9.86. The van der Waals surface area contributed by atoms with Crippen molar-refractivity contribution in [3.8, 4) is 0 Å². The van der Waals surface area contributed by atoms with E-state index in [-0.39, 0.29) is 17.9 Å². The smallest absolute Gasteiger partial charge is 0.246 e. The van der Waals surface area contributed by atoms with Gasteiger partial charge < -0.3 is 10.6 Å². The van der Waals surface area contributed by atoms with E-state index in [0.717, 1.165) is 44.7 Å². The number of nitrogens with zero attached hydrogens (tertiary/aromatic N) is 1. The van der Waals surface area contributed by atoms with E-state index in [1.807, 2.05) is 24.3 Å². The van der Waals surface area contributed by atoms with Crippen LogP contribution in [0.5, 0.6) is 0 Å². The van der Waals surface area contributed by atoms with Crippen LogP contribution >= 0.6 is 0 Å². The first-order valence-corrected chi connectivity index (χ1v) is 11.2. The van der Waals surface area contributed by atoms with Crippen molar-refractivity contribution in [2.75, 3.05) is 17.2 Å². The lowest BCUT2D eigenvalue weighted by molar-refractivity contribution is -0.114. The van der Waals surface area contributed by atoms with E-state index >= 15 is 0 Å². The molecule has 4 nitrogen and oxygen atoms in total. The number of nitrogens with one attached hydrogen (secondary N) is 2. The van der Waals surface area contributed by atoms with Gasteiger partial charge >= 0.3 is 0 Å². The summed E-state index contributed by atoms with van der Waals surface area (Å²) in [4.78, 5) is 17.1. The standard InChI is InChI=1S/C29H27N3O/c1-29(2,3)24-10-6-7-11-25(24)31-21-15-12-20(13-16-21)27-23-17-14-19-8-4-5-9-22(19)28(23)32-26(33)18-30-27/h4-17,31H,18H2,1-3H3,(H,32,33). The third kappa shape index (κ3) is 4.12. The number of carbonyl (C=O) groups is 1. The molecule has 1 amide bonds. The van der Waals surface area contributed by atoms with Crippen molar-refractivity contribution in [1.29, 1.82) is 0 Å². The molecule has 33 heavy (non-hydrogen) atoms. The Balaban J connectivity index is 1.51. The number of benzene rings is 4. The summed E-state index contributed by atoms with van der Waals surface area (Å²) >= 11 is 0. The van der Waals surface area contributed by atoms with Crippen LogP contribution in [-0.2, 0) is 10.2 Å². The molecule has 5 rings (SSSR count). The lowest BCUT2D eigenvalue weighted by Gasteiger charge is -2.23. The Morgan fingerprint density at radius 3 is 2.36 bits per heavy atom. The fourth-order valence-electron chi connectivity index (χ4n) is 4.38. The molecule has 1 aliphatic heterocycles. The first-order valence-electron chi connectivity index (χ1n) is 11.2. The Bertz CT molecular complexity index is 1380. The minimum Gasteiger partial charge on any atom is -0.355 e. The predicted molar refractivity (Wildman–Crippen MR) is 138 cm³/mol. The highest BCUT2D eigenvalue weighted by Crippen LogP contribution is 2.33. The van der Waals surface area contributed by atoms with Gasteiger partial charge in [-0.15, -0.1) is 0 Å². The van der Waals surface area contributed by atoms with Crippen LogP contribution in [0.15, 0.2) is 89.9 Å². The molecule has 4 heteroatoms. The molecule has 4 aromatic carbocycles. The minimum absolute atomic E-state index is 0.0463. The largest absolute Gasteiger partial charge is 0.355 e. The Morgan fingerprint density at radius 1 is 0.848 bits per heavy atom. The molecule has 0 aromatic heterocycles. The van der Waals surface area contributed by atoms with Crippen molar-refractivity contribution in [3.63, 3.8) is 0 Å². The number of hydrogen-bond donors (Lipinski definition) is 2. The van der Waals surface area contributed by atoms with Crippen molar-refractivity contribution in [2.24, 2.45) is 4.99 Å². The summed E-state index contributed by atoms with van der Waals surface area (Å²) in [6.07, 6.45) is 0. The van der Waals surface area contributed by atoms with E-state index in [1.54, 1.807) is 0 Å². The second kappa shape index (κ2) is 8.21. The highest BCUT2D eigenvalue weighted by Gasteiger charge is 2.20. The number of anilines is 3. The maximum Gasteiger partial charge on any atom is 0.246 e. The number of carbonyl (C=O) groups excluding carboxylic acids is 1. The summed E-state index contributed by atoms with van der Waals surface area (Å²) in [5.74, 6) is -0.0975. The van der Waals surface area contributed by atoms with Crippen LogP contribution in [0, 0.1) is 0 Å². The molecule has 0 spiro atoms. The maximum atomic E-state index is 12.4. The zero-order valence-electron chi connectivity index (χ0n) is 19.1. The average Bonchev–Trinajstić information content (AvgIpc) is 2.98. The van der Waals surface area contributed by atoms with Crippen molar-refractivity contribution in [3.05, 3.63) is 102 Å². The van der Waals surface area contributed by atoms with Crippen LogP contribution in [0.1, 0.15) is 37.5 Å². The number of fused-ring (bicyclic) bond motifs is 3. The second-order valence-corrected chi connectivity index (χ2v) is 9.42. The molecule has 0 aliphatic carbocycles. The molecule has 0 fully saturated rings. The Morgan fingerprint density at radius 2 is 1.58 bits per heavy atom. The van der Waals surface area contributed by atoms with Gasteiger partial charge in [0.15, 0.2) is 0 Å². The lowest BCUT2D eigenvalue weighted by Crippen LogP contribution is -2.13. The number of rotatable bonds is 3. The van der Waals surface area contributed by atoms with E-state index in [0.29, 0.717) is 0 Å². The minimum atomic E-state index is -0.0975. The molecule has 0 bridgehead atoms. The molecule has 0 unspecified atom stereocenters. The van der Waals surface area contributed by atoms with Crippen molar-refractivity contribution >= 4 is 39.5 Å². The van der Waals surface area contributed by atoms with Gasteiger partial charge in [0, 0.05) is 27.9 Å². The van der Waals surface area contributed by atoms with Gasteiger partial charge in [-0.2, -0.15) is 0 Å². The fourth-order valence-corrected chi connectivity index (χ4v) is 4.38. The fraction of sp³-hybridized carbons (Fsp3) is 0.172. The van der Waals surface area contributed by atoms with Crippen molar-refractivity contribution in [1.82, 2.24) is 0 Å². The summed E-state index contributed by atoms with van der Waals surface area (Å²) in [6, 6.07) is 28.9. The van der Waals surface area contributed by atoms with Gasteiger partial charge in [0.2, 0.25) is 5.91 Å². The first-order chi connectivity index (χ1) is 15.9. The van der Waals surface area contributed by atoms with Gasteiger partial charge in [0.05, 0.1) is 11.4 Å². The van der Waals surface area contributed by atoms with E-state index < -0.39 is 0 Å². The first kappa shape index (κ1) is 21.0. The van der Waals surface area contributed by atoms with E-state index in [4.69, 9.17) is 0 Å². The zero-order chi connectivity index (χ0) is 23.0. The summed E-state index contributed by atoms with van der Waals surface area (Å²) in [7, 11) is 0. The van der Waals surface area contributed by atoms with Crippen LogP contribution < -0.4 is 10.6 Å². The summed E-state index contributed by atoms with van der Waals surface area (Å²) in [6.45, 7) is 6.77. The summed E-state index contributed by atoms with van der Waals surface area (Å²) < 4.78 is 0. The van der Waals surface area contributed by atoms with Crippen LogP contribution in [0.4, 0.5) is 17.1 Å². The van der Waals surface area contributed by atoms with E-state index in [9.17, 15) is 4.79 Å². The molecular weight excluding hydrogens is 406 g/mol. The number of aliphatic imine (C=N–C) groups is 1. The SMILES string of the molecule is CC(C)(C)c1ccccc1Nc1ccc(C2=NCC(=O)Nc3c2ccc2ccccc32)cc1. The van der Waals surface area contributed by atoms with Gasteiger partial charge in [-0.25, -0.2) is 0 Å². The molecular formula is C29H27N3O. The topological polar surface area (TPSA) is 53.5 Å². The van der Waals surface area contributed by atoms with Crippen LogP contribution in [0.3, 0.4) is 0 Å². The quantitative estimate of drug-likeness (QED) is 0.379. The average molecular weight is 434 g/mol. The Kier molecular flexibility index (Phi) is 5.21. The number of hydrogen-bond acceptors (Lipinski definition) is 3. The van der Waals surface area contributed by atoms with Crippen LogP contribution in [0.25, 0.3) is 10.8 Å². The highest BCUT2D eigenvalue weighted by atomic mass is 16.1. The Hall–Kier alpha value is -3.92. The maximum absolute atomic E-state index is 12.4. The van der Waals surface area contributed by atoms with Gasteiger partial charge in [-0.05, 0) is 34.6 Å². The van der Waals surface area contributed by atoms with Gasteiger partial charge in [-0.1, -0.05) is 87.5 Å². The summed E-state index contributed by atoms with van der Waals surface area (Å²) in [5.41, 5.74) is 7.02. The number of para-hydroxylation sites is 1. The zero-order valence-corrected chi connectivity index (χ0v) is 19.1. The highest BCUT2D eigenvalue weighted by molar-refractivity contribution is 6.23. The molecule has 1 aliphatic rings. The van der Waals surface area contributed by atoms with E-state index in [1.165, 1.54) is 5.56 Å². The van der Waals surface area contributed by atoms with E-state index in [2.05, 4.69) is 97.1 Å². The van der Waals surface area contributed by atoms with Crippen molar-refractivity contribution in [2.45, 2.75) is 26.2 Å².